The fourth-order valence-corrected chi connectivity index (χ4v) is 2.75. The van der Waals surface area contributed by atoms with Gasteiger partial charge in [0.15, 0.2) is 0 Å². The molecule has 0 aliphatic heterocycles. The summed E-state index contributed by atoms with van der Waals surface area (Å²) in [7, 11) is 3.63. The van der Waals surface area contributed by atoms with Crippen molar-refractivity contribution in [1.82, 2.24) is 45.0 Å². The molecule has 162 valence electrons. The zero-order valence-electron chi connectivity index (χ0n) is 16.4. The summed E-state index contributed by atoms with van der Waals surface area (Å²) in [5, 5.41) is 13.2. The van der Waals surface area contributed by atoms with E-state index in [0.29, 0.717) is 17.7 Å². The summed E-state index contributed by atoms with van der Waals surface area (Å²) < 4.78 is 58.4. The molecule has 0 unspecified atom stereocenters. The molecule has 10 nitrogen and oxygen atoms in total. The summed E-state index contributed by atoms with van der Waals surface area (Å²) in [6, 6.07) is 4.42. The van der Waals surface area contributed by atoms with Crippen LogP contribution in [0.15, 0.2) is 22.7 Å². The third-order valence-corrected chi connectivity index (χ3v) is 4.11. The van der Waals surface area contributed by atoms with Crippen LogP contribution in [0.5, 0.6) is 0 Å². The monoisotopic (exact) mass is 437 g/mol. The fraction of sp³-hybridized carbons (Fsp3) is 0.294. The summed E-state index contributed by atoms with van der Waals surface area (Å²) in [6.45, 7) is 1.89. The number of aromatic amines is 1. The quantitative estimate of drug-likeness (QED) is 0.474. The van der Waals surface area contributed by atoms with Crippen LogP contribution < -0.4 is 0 Å². The number of nitrogens with zero attached hydrogens (tertiary/aromatic N) is 8. The van der Waals surface area contributed by atoms with E-state index >= 15 is 0 Å². The molecule has 4 rings (SSSR count). The van der Waals surface area contributed by atoms with E-state index in [1.807, 2.05) is 24.1 Å². The Morgan fingerprint density at radius 3 is 2.58 bits per heavy atom. The number of halogens is 4. The Hall–Kier alpha value is -3.68. The number of hydrogen-bond donors (Lipinski definition) is 1. The minimum absolute atomic E-state index is 0.0229. The summed E-state index contributed by atoms with van der Waals surface area (Å²) in [5.41, 5.74) is 0.977. The van der Waals surface area contributed by atoms with E-state index in [1.165, 1.54) is 19.1 Å². The van der Waals surface area contributed by atoms with Crippen LogP contribution in [-0.2, 0) is 12.7 Å². The highest BCUT2D eigenvalue weighted by molar-refractivity contribution is 5.58. The van der Waals surface area contributed by atoms with Crippen LogP contribution in [0.4, 0.5) is 17.6 Å². The Bertz CT molecular complexity index is 1220. The molecule has 0 saturated carbocycles. The first kappa shape index (κ1) is 20.6. The second-order valence-corrected chi connectivity index (χ2v) is 6.84. The Morgan fingerprint density at radius 1 is 1.13 bits per heavy atom. The average Bonchev–Trinajstić information content (AvgIpc) is 3.41. The third-order valence-electron chi connectivity index (χ3n) is 4.11. The zero-order chi connectivity index (χ0) is 22.3. The van der Waals surface area contributed by atoms with Gasteiger partial charge in [-0.25, -0.2) is 9.37 Å². The predicted molar refractivity (Wildman–Crippen MR) is 97.1 cm³/mol. The van der Waals surface area contributed by atoms with Gasteiger partial charge in [0.25, 0.3) is 11.8 Å². The van der Waals surface area contributed by atoms with E-state index < -0.39 is 12.0 Å². The highest BCUT2D eigenvalue weighted by Gasteiger charge is 2.35. The normalized spacial score (nSPS) is 12.1. The Morgan fingerprint density at radius 2 is 1.90 bits per heavy atom. The molecule has 0 atom stereocenters. The minimum atomic E-state index is -4.68. The van der Waals surface area contributed by atoms with Gasteiger partial charge in [-0.05, 0) is 39.2 Å². The van der Waals surface area contributed by atoms with Crippen molar-refractivity contribution in [3.63, 3.8) is 0 Å². The predicted octanol–water partition coefficient (Wildman–Crippen LogP) is 2.63. The Kier molecular flexibility index (Phi) is 5.00. The van der Waals surface area contributed by atoms with E-state index in [9.17, 15) is 17.6 Å². The Labute approximate surface area is 171 Å². The maximum absolute atomic E-state index is 14.0. The highest BCUT2D eigenvalue weighted by Crippen LogP contribution is 2.27. The first-order chi connectivity index (χ1) is 14.6. The first-order valence-electron chi connectivity index (χ1n) is 8.83. The summed E-state index contributed by atoms with van der Waals surface area (Å²) in [5.74, 6) is -1.66. The molecule has 1 aromatic carbocycles. The van der Waals surface area contributed by atoms with E-state index in [1.54, 1.807) is 6.07 Å². The van der Waals surface area contributed by atoms with Gasteiger partial charge in [0.2, 0.25) is 17.5 Å². The van der Waals surface area contributed by atoms with Crippen LogP contribution in [0.1, 0.15) is 17.2 Å². The SMILES string of the molecule is Cc1nc(-c2nc(-c3ccc(F)c(CN(C)C)c3)no2)nn1-c1n[nH]c(C(F)(F)F)n1. The van der Waals surface area contributed by atoms with Crippen molar-refractivity contribution < 1.29 is 22.1 Å². The lowest BCUT2D eigenvalue weighted by atomic mass is 10.1. The van der Waals surface area contributed by atoms with E-state index in [-0.39, 0.29) is 35.1 Å². The van der Waals surface area contributed by atoms with Crippen LogP contribution in [0.2, 0.25) is 0 Å². The van der Waals surface area contributed by atoms with Crippen molar-refractivity contribution in [3.05, 3.63) is 41.2 Å². The van der Waals surface area contributed by atoms with Gasteiger partial charge in [0, 0.05) is 17.7 Å². The molecule has 1 N–H and O–H groups in total. The smallest absolute Gasteiger partial charge is 0.330 e. The third kappa shape index (κ3) is 4.14. The lowest BCUT2D eigenvalue weighted by Crippen LogP contribution is -2.12. The largest absolute Gasteiger partial charge is 0.451 e. The van der Waals surface area contributed by atoms with Gasteiger partial charge >= 0.3 is 6.18 Å². The van der Waals surface area contributed by atoms with Gasteiger partial charge in [-0.15, -0.1) is 10.2 Å². The number of hydrogen-bond acceptors (Lipinski definition) is 8. The number of rotatable bonds is 5. The lowest BCUT2D eigenvalue weighted by Gasteiger charge is -2.10. The summed E-state index contributed by atoms with van der Waals surface area (Å²) >= 11 is 0. The number of aromatic nitrogens is 8. The standard InChI is InChI=1S/C17H15F4N9O/c1-8-22-13(27-30(8)16-24-15(25-26-16)17(19,20)21)14-23-12(28-31-14)9-4-5-11(18)10(6-9)7-29(2)3/h4-6H,7H2,1-3H3,(H,24,25,26). The Balaban J connectivity index is 1.63. The van der Waals surface area contributed by atoms with Crippen molar-refractivity contribution in [3.8, 4) is 29.1 Å². The van der Waals surface area contributed by atoms with E-state index in [2.05, 4.69) is 30.3 Å². The molecule has 0 fully saturated rings. The molecule has 0 bridgehead atoms. The summed E-state index contributed by atoms with van der Waals surface area (Å²) in [4.78, 5) is 13.5. The molecule has 4 aromatic rings. The van der Waals surface area contributed by atoms with Gasteiger partial charge in [0.05, 0.1) is 0 Å². The maximum atomic E-state index is 14.0. The molecular formula is C17H15F4N9O. The molecular weight excluding hydrogens is 422 g/mol. The van der Waals surface area contributed by atoms with Crippen molar-refractivity contribution in [2.75, 3.05) is 14.1 Å². The maximum Gasteiger partial charge on any atom is 0.451 e. The van der Waals surface area contributed by atoms with Gasteiger partial charge in [-0.1, -0.05) is 5.16 Å². The van der Waals surface area contributed by atoms with Gasteiger partial charge in [0.1, 0.15) is 11.6 Å². The average molecular weight is 437 g/mol. The van der Waals surface area contributed by atoms with Crippen molar-refractivity contribution in [2.45, 2.75) is 19.6 Å². The molecule has 0 saturated heterocycles. The van der Waals surface area contributed by atoms with E-state index in [0.717, 1.165) is 4.68 Å². The topological polar surface area (TPSA) is 114 Å². The fourth-order valence-electron chi connectivity index (χ4n) is 2.75. The van der Waals surface area contributed by atoms with Crippen LogP contribution in [0.3, 0.4) is 0 Å². The van der Waals surface area contributed by atoms with Gasteiger partial charge < -0.3 is 9.42 Å². The summed E-state index contributed by atoms with van der Waals surface area (Å²) in [6.07, 6.45) is -4.68. The van der Waals surface area contributed by atoms with Crippen molar-refractivity contribution >= 4 is 0 Å². The molecule has 0 amide bonds. The minimum Gasteiger partial charge on any atom is -0.330 e. The molecule has 3 heterocycles. The number of aryl methyl sites for hydroxylation is 1. The van der Waals surface area contributed by atoms with Crippen LogP contribution in [0.25, 0.3) is 29.1 Å². The second kappa shape index (κ2) is 7.54. The number of nitrogens with one attached hydrogen (secondary N) is 1. The van der Waals surface area contributed by atoms with Crippen molar-refractivity contribution in [1.29, 1.82) is 0 Å². The van der Waals surface area contributed by atoms with Gasteiger partial charge in [-0.3, -0.25) is 5.10 Å². The molecule has 0 radical (unpaired) electrons. The first-order valence-corrected chi connectivity index (χ1v) is 8.83. The van der Waals surface area contributed by atoms with Crippen LogP contribution in [0, 0.1) is 12.7 Å². The number of alkyl halides is 3. The van der Waals surface area contributed by atoms with Crippen molar-refractivity contribution in [2.24, 2.45) is 0 Å². The van der Waals surface area contributed by atoms with Crippen LogP contribution >= 0.6 is 0 Å². The highest BCUT2D eigenvalue weighted by atomic mass is 19.4. The molecule has 0 aliphatic carbocycles. The van der Waals surface area contributed by atoms with E-state index in [4.69, 9.17) is 4.52 Å². The van der Waals surface area contributed by atoms with Gasteiger partial charge in [-0.2, -0.15) is 27.8 Å². The molecule has 0 aliphatic rings. The van der Waals surface area contributed by atoms with Crippen LogP contribution in [-0.4, -0.2) is 59.1 Å². The number of benzene rings is 1. The molecule has 0 spiro atoms. The zero-order valence-corrected chi connectivity index (χ0v) is 16.4. The molecule has 31 heavy (non-hydrogen) atoms. The molecule has 3 aromatic heterocycles. The second-order valence-electron chi connectivity index (χ2n) is 6.84. The molecule has 14 heteroatoms. The lowest BCUT2D eigenvalue weighted by molar-refractivity contribution is -0.144. The number of H-pyrrole nitrogens is 1.